The molecule has 1 atom stereocenters. The Morgan fingerprint density at radius 3 is 2.10 bits per heavy atom. The monoisotopic (exact) mass is 772 g/mol. The average molecular weight is 773 g/mol. The van der Waals surface area contributed by atoms with Crippen molar-refractivity contribution in [3.8, 4) is 33.4 Å². The molecule has 9 aromatic carbocycles. The zero-order valence-corrected chi connectivity index (χ0v) is 33.7. The van der Waals surface area contributed by atoms with Gasteiger partial charge >= 0.3 is 0 Å². The maximum Gasteiger partial charge on any atom is 0.143 e. The summed E-state index contributed by atoms with van der Waals surface area (Å²) >= 11 is 0. The molecule has 1 aliphatic rings. The number of nitrogens with two attached hydrogens (primary N) is 1. The van der Waals surface area contributed by atoms with Crippen LogP contribution in [0.25, 0.3) is 82.6 Å². The van der Waals surface area contributed by atoms with Gasteiger partial charge in [0.2, 0.25) is 0 Å². The molecule has 1 heterocycles. The minimum Gasteiger partial charge on any atom is -0.455 e. The van der Waals surface area contributed by atoms with Crippen LogP contribution in [0.1, 0.15) is 47.8 Å². The normalized spacial score (nSPS) is 13.8. The third-order valence-electron chi connectivity index (χ3n) is 12.8. The molecule has 1 aliphatic carbocycles. The van der Waals surface area contributed by atoms with Gasteiger partial charge in [0.1, 0.15) is 17.3 Å². The third kappa shape index (κ3) is 5.93. The van der Waals surface area contributed by atoms with E-state index in [-0.39, 0.29) is 11.6 Å². The molecule has 0 saturated carbocycles. The van der Waals surface area contributed by atoms with Crippen molar-refractivity contribution in [1.82, 2.24) is 5.32 Å². The van der Waals surface area contributed by atoms with Gasteiger partial charge in [0.25, 0.3) is 0 Å². The smallest absolute Gasteiger partial charge is 0.143 e. The zero-order valence-electron chi connectivity index (χ0n) is 33.7. The fourth-order valence-electron chi connectivity index (χ4n) is 9.67. The molecule has 0 amide bonds. The molecule has 0 fully saturated rings. The first-order chi connectivity index (χ1) is 29.4. The predicted octanol–water partition coefficient (Wildman–Crippen LogP) is 14.4. The summed E-state index contributed by atoms with van der Waals surface area (Å²) in [6, 6.07) is 67.5. The van der Waals surface area contributed by atoms with Crippen LogP contribution in [0.2, 0.25) is 0 Å². The van der Waals surface area contributed by atoms with Gasteiger partial charge in [-0.05, 0) is 108 Å². The summed E-state index contributed by atoms with van der Waals surface area (Å²) < 4.78 is 6.58. The van der Waals surface area contributed by atoms with Gasteiger partial charge in [-0.15, -0.1) is 0 Å². The second-order valence-electron chi connectivity index (χ2n) is 16.6. The van der Waals surface area contributed by atoms with Gasteiger partial charge in [-0.3, -0.25) is 0 Å². The van der Waals surface area contributed by atoms with Crippen LogP contribution in [-0.4, -0.2) is 0 Å². The molecule has 3 nitrogen and oxygen atoms in total. The quantitative estimate of drug-likeness (QED) is 0.151. The number of hydrogen-bond acceptors (Lipinski definition) is 3. The number of rotatable bonds is 8. The molecule has 0 radical (unpaired) electrons. The first-order valence-corrected chi connectivity index (χ1v) is 20.9. The lowest BCUT2D eigenvalue weighted by Gasteiger charge is -2.22. The van der Waals surface area contributed by atoms with E-state index >= 15 is 0 Å². The van der Waals surface area contributed by atoms with Crippen molar-refractivity contribution >= 4 is 49.2 Å². The van der Waals surface area contributed by atoms with Gasteiger partial charge in [-0.2, -0.15) is 0 Å². The van der Waals surface area contributed by atoms with E-state index in [1.807, 2.05) is 18.2 Å². The van der Waals surface area contributed by atoms with Gasteiger partial charge in [0, 0.05) is 27.3 Å². The second kappa shape index (κ2) is 14.3. The van der Waals surface area contributed by atoms with E-state index in [2.05, 4.69) is 195 Å². The maximum absolute atomic E-state index is 6.90. The largest absolute Gasteiger partial charge is 0.455 e. The summed E-state index contributed by atoms with van der Waals surface area (Å²) in [5.41, 5.74) is 23.2. The minimum absolute atomic E-state index is 0.0983. The molecular formula is C57H44N2O. The van der Waals surface area contributed by atoms with Gasteiger partial charge in [0.15, 0.2) is 0 Å². The lowest BCUT2D eigenvalue weighted by Crippen LogP contribution is -2.27. The zero-order chi connectivity index (χ0) is 40.4. The lowest BCUT2D eigenvalue weighted by atomic mass is 9.81. The third-order valence-corrected chi connectivity index (χ3v) is 12.8. The molecule has 3 heteroatoms. The molecule has 1 unspecified atom stereocenters. The lowest BCUT2D eigenvalue weighted by molar-refractivity contribution is 0.661. The van der Waals surface area contributed by atoms with E-state index in [1.165, 1.54) is 66.2 Å². The summed E-state index contributed by atoms with van der Waals surface area (Å²) in [6.45, 7) is 4.71. The van der Waals surface area contributed by atoms with Crippen molar-refractivity contribution in [3.05, 3.63) is 222 Å². The number of fused-ring (bicyclic) bond motifs is 9. The summed E-state index contributed by atoms with van der Waals surface area (Å²) in [6.07, 6.45) is 2.60. The van der Waals surface area contributed by atoms with Crippen LogP contribution in [-0.2, 0) is 11.8 Å². The molecule has 3 N–H and O–H groups in total. The van der Waals surface area contributed by atoms with Crippen molar-refractivity contribution in [1.29, 1.82) is 0 Å². The van der Waals surface area contributed by atoms with Gasteiger partial charge in [0.05, 0.1) is 0 Å². The first kappa shape index (κ1) is 35.9. The van der Waals surface area contributed by atoms with Crippen LogP contribution in [0.4, 0.5) is 0 Å². The SMILES string of the molecule is CC1(C)c2cc3ccccc3cc2-c2c(-c3ccc(/C(=C/Cc4ccccc4-c4cccc5oc6c7ccccc7ccc6c45)NC(N)c4ccccc4)cc3)cccc21. The van der Waals surface area contributed by atoms with Crippen LogP contribution in [0.3, 0.4) is 0 Å². The number of furan rings is 1. The Bertz CT molecular complexity index is 3300. The van der Waals surface area contributed by atoms with E-state index in [4.69, 9.17) is 10.2 Å². The Morgan fingerprint density at radius 2 is 1.27 bits per heavy atom. The van der Waals surface area contributed by atoms with E-state index in [1.54, 1.807) is 0 Å². The summed E-state index contributed by atoms with van der Waals surface area (Å²) in [7, 11) is 0. The molecule has 0 aliphatic heterocycles. The molecule has 11 rings (SSSR count). The number of hydrogen-bond donors (Lipinski definition) is 2. The van der Waals surface area contributed by atoms with E-state index < -0.39 is 0 Å². The molecule has 288 valence electrons. The number of allylic oxidation sites excluding steroid dienone is 1. The van der Waals surface area contributed by atoms with Crippen LogP contribution in [0, 0.1) is 0 Å². The van der Waals surface area contributed by atoms with Gasteiger partial charge in [-0.25, -0.2) is 0 Å². The highest BCUT2D eigenvalue weighted by molar-refractivity contribution is 6.19. The van der Waals surface area contributed by atoms with Crippen molar-refractivity contribution in [2.75, 3.05) is 0 Å². The Kier molecular flexibility index (Phi) is 8.54. The number of nitrogens with one attached hydrogen (secondary N) is 1. The second-order valence-corrected chi connectivity index (χ2v) is 16.6. The topological polar surface area (TPSA) is 51.2 Å². The number of benzene rings is 9. The van der Waals surface area contributed by atoms with Gasteiger partial charge in [-0.1, -0.05) is 184 Å². The summed E-state index contributed by atoms with van der Waals surface area (Å²) in [4.78, 5) is 0. The van der Waals surface area contributed by atoms with Crippen LogP contribution < -0.4 is 11.1 Å². The van der Waals surface area contributed by atoms with E-state index in [9.17, 15) is 0 Å². The maximum atomic E-state index is 6.90. The van der Waals surface area contributed by atoms with Crippen LogP contribution >= 0.6 is 0 Å². The molecule has 10 aromatic rings. The Morgan fingerprint density at radius 1 is 0.583 bits per heavy atom. The highest BCUT2D eigenvalue weighted by atomic mass is 16.3. The minimum atomic E-state index is -0.390. The summed E-state index contributed by atoms with van der Waals surface area (Å²) in [5, 5.41) is 10.8. The Hall–Kier alpha value is -7.20. The molecule has 0 spiro atoms. The van der Waals surface area contributed by atoms with Crippen molar-refractivity contribution in [2.24, 2.45) is 5.73 Å². The van der Waals surface area contributed by atoms with Crippen molar-refractivity contribution < 1.29 is 4.42 Å². The van der Waals surface area contributed by atoms with Gasteiger partial charge < -0.3 is 15.5 Å². The highest BCUT2D eigenvalue weighted by Crippen LogP contribution is 2.53. The molecule has 0 bridgehead atoms. The van der Waals surface area contributed by atoms with Crippen LogP contribution in [0.5, 0.6) is 0 Å². The van der Waals surface area contributed by atoms with Crippen molar-refractivity contribution in [3.63, 3.8) is 0 Å². The Balaban J connectivity index is 0.987. The Labute approximate surface area is 350 Å². The summed E-state index contributed by atoms with van der Waals surface area (Å²) in [5.74, 6) is 0. The average Bonchev–Trinajstić information content (AvgIpc) is 3.79. The van der Waals surface area contributed by atoms with E-state index in [0.29, 0.717) is 6.42 Å². The first-order valence-electron chi connectivity index (χ1n) is 20.9. The fourth-order valence-corrected chi connectivity index (χ4v) is 9.67. The van der Waals surface area contributed by atoms with Crippen LogP contribution in [0.15, 0.2) is 199 Å². The van der Waals surface area contributed by atoms with Crippen molar-refractivity contribution in [2.45, 2.75) is 31.8 Å². The standard InChI is InChI=1S/C57H44N2O/c1-57(2)49-24-12-22-44(53(49)48-34-41-18-6-7-19-42(41)35-50(48)57)38-26-28-39(29-27-38)51(59-56(58)40-16-4-3-5-17-40)33-31-36-14-8-10-20-43(36)46-23-13-25-52-54(46)47-32-30-37-15-9-11-21-45(37)55(47)60-52/h3-30,32-35,56,59H,31,58H2,1-2H3/b51-33-. The molecular weight excluding hydrogens is 729 g/mol. The van der Waals surface area contributed by atoms with E-state index in [0.717, 1.165) is 44.1 Å². The highest BCUT2D eigenvalue weighted by Gasteiger charge is 2.37. The molecule has 60 heavy (non-hydrogen) atoms. The molecule has 1 aromatic heterocycles. The molecule has 0 saturated heterocycles. The fraction of sp³-hybridized carbons (Fsp3) is 0.0877. The predicted molar refractivity (Wildman–Crippen MR) is 252 cm³/mol.